The second-order valence-corrected chi connectivity index (χ2v) is 8.27. The predicted molar refractivity (Wildman–Crippen MR) is 95.7 cm³/mol. The van der Waals surface area contributed by atoms with E-state index in [4.69, 9.17) is 0 Å². The monoisotopic (exact) mass is 344 g/mol. The first-order chi connectivity index (χ1) is 11.4. The van der Waals surface area contributed by atoms with Crippen LogP contribution in [-0.2, 0) is 9.84 Å². The van der Waals surface area contributed by atoms with Crippen LogP contribution in [0.2, 0.25) is 0 Å². The van der Waals surface area contributed by atoms with E-state index in [0.717, 1.165) is 11.1 Å². The Labute approximate surface area is 142 Å². The summed E-state index contributed by atoms with van der Waals surface area (Å²) in [6.45, 7) is 0. The molecule has 5 nitrogen and oxygen atoms in total. The van der Waals surface area contributed by atoms with Crippen LogP contribution in [0, 0.1) is 0 Å². The van der Waals surface area contributed by atoms with Gasteiger partial charge in [-0.15, -0.1) is 0 Å². The fraction of sp³-hybridized carbons (Fsp3) is 0.278. The highest BCUT2D eigenvalue weighted by atomic mass is 32.2. The minimum Gasteiger partial charge on any atom is -0.324 e. The Hall–Kier alpha value is -2.34. The highest BCUT2D eigenvalue weighted by Gasteiger charge is 2.32. The zero-order valence-electron chi connectivity index (χ0n) is 13.5. The van der Waals surface area contributed by atoms with E-state index in [2.05, 4.69) is 5.32 Å². The van der Waals surface area contributed by atoms with E-state index >= 15 is 0 Å². The molecular weight excluding hydrogens is 324 g/mol. The molecule has 2 aromatic rings. The van der Waals surface area contributed by atoms with Gasteiger partial charge in [0.1, 0.15) is 0 Å². The van der Waals surface area contributed by atoms with Crippen LogP contribution < -0.4 is 5.32 Å². The highest BCUT2D eigenvalue weighted by Crippen LogP contribution is 2.22. The molecule has 1 N–H and O–H groups in total. The first-order valence-electron chi connectivity index (χ1n) is 7.84. The highest BCUT2D eigenvalue weighted by molar-refractivity contribution is 7.91. The molecule has 126 valence electrons. The lowest BCUT2D eigenvalue weighted by molar-refractivity contribution is 0.209. The number of rotatable bonds is 3. The van der Waals surface area contributed by atoms with Gasteiger partial charge >= 0.3 is 6.03 Å². The summed E-state index contributed by atoms with van der Waals surface area (Å²) >= 11 is 0. The molecule has 1 heterocycles. The standard InChI is InChI=1S/C18H20N2O3S/c1-20(17-11-12-24(22,23)13-17)18(21)19-16-9-7-15(8-10-16)14-5-3-2-4-6-14/h2-10,17H,11-13H2,1H3,(H,19,21). The van der Waals surface area contributed by atoms with Crippen molar-refractivity contribution < 1.29 is 13.2 Å². The zero-order valence-corrected chi connectivity index (χ0v) is 14.3. The third-order valence-corrected chi connectivity index (χ3v) is 6.07. The molecule has 1 unspecified atom stereocenters. The van der Waals surface area contributed by atoms with Crippen LogP contribution in [0.4, 0.5) is 10.5 Å². The van der Waals surface area contributed by atoms with Gasteiger partial charge in [-0.2, -0.15) is 0 Å². The maximum atomic E-state index is 12.3. The van der Waals surface area contributed by atoms with Crippen LogP contribution >= 0.6 is 0 Å². The summed E-state index contributed by atoms with van der Waals surface area (Å²) < 4.78 is 23.1. The number of anilines is 1. The van der Waals surface area contributed by atoms with Crippen LogP contribution in [0.5, 0.6) is 0 Å². The number of nitrogens with zero attached hydrogens (tertiary/aromatic N) is 1. The van der Waals surface area contributed by atoms with Gasteiger partial charge in [0.05, 0.1) is 11.5 Å². The number of amides is 2. The molecule has 1 aliphatic rings. The fourth-order valence-corrected chi connectivity index (χ4v) is 4.61. The molecule has 0 bridgehead atoms. The molecule has 24 heavy (non-hydrogen) atoms. The molecule has 0 radical (unpaired) electrons. The quantitative estimate of drug-likeness (QED) is 0.931. The van der Waals surface area contributed by atoms with Gasteiger partial charge in [0, 0.05) is 18.8 Å². The Bertz CT molecular complexity index is 817. The second kappa shape index (κ2) is 6.65. The first-order valence-corrected chi connectivity index (χ1v) is 9.66. The number of sulfone groups is 1. The zero-order chi connectivity index (χ0) is 17.2. The number of hydrogen-bond acceptors (Lipinski definition) is 3. The maximum Gasteiger partial charge on any atom is 0.321 e. The maximum absolute atomic E-state index is 12.3. The number of hydrogen-bond donors (Lipinski definition) is 1. The van der Waals surface area contributed by atoms with Crippen molar-refractivity contribution >= 4 is 21.6 Å². The van der Waals surface area contributed by atoms with E-state index in [1.165, 1.54) is 4.90 Å². The van der Waals surface area contributed by atoms with Crippen molar-refractivity contribution in [3.05, 3.63) is 54.6 Å². The van der Waals surface area contributed by atoms with E-state index in [0.29, 0.717) is 12.1 Å². The van der Waals surface area contributed by atoms with Crippen LogP contribution in [0.1, 0.15) is 6.42 Å². The summed E-state index contributed by atoms with van der Waals surface area (Å²) in [6, 6.07) is 17.0. The average Bonchev–Trinajstić information content (AvgIpc) is 2.95. The molecule has 0 aromatic heterocycles. The summed E-state index contributed by atoms with van der Waals surface area (Å²) in [5, 5.41) is 2.82. The average molecular weight is 344 g/mol. The molecule has 1 saturated heterocycles. The molecule has 0 spiro atoms. The number of carbonyl (C=O) groups is 1. The van der Waals surface area contributed by atoms with Crippen molar-refractivity contribution in [1.29, 1.82) is 0 Å². The van der Waals surface area contributed by atoms with Crippen LogP contribution in [0.15, 0.2) is 54.6 Å². The number of nitrogens with one attached hydrogen (secondary N) is 1. The molecule has 1 fully saturated rings. The molecule has 2 aromatic carbocycles. The van der Waals surface area contributed by atoms with Gasteiger partial charge in [0.15, 0.2) is 9.84 Å². The minimum absolute atomic E-state index is 0.0455. The van der Waals surface area contributed by atoms with Gasteiger partial charge in [-0.25, -0.2) is 13.2 Å². The van der Waals surface area contributed by atoms with Crippen molar-refractivity contribution in [1.82, 2.24) is 4.90 Å². The van der Waals surface area contributed by atoms with E-state index in [-0.39, 0.29) is 23.6 Å². The Morgan fingerprint density at radius 2 is 1.67 bits per heavy atom. The second-order valence-electron chi connectivity index (χ2n) is 6.04. The molecule has 6 heteroatoms. The number of urea groups is 1. The Kier molecular flexibility index (Phi) is 4.57. The summed E-state index contributed by atoms with van der Waals surface area (Å²) in [5.41, 5.74) is 2.87. The molecule has 3 rings (SSSR count). The van der Waals surface area contributed by atoms with Gasteiger partial charge in [0.25, 0.3) is 0 Å². The fourth-order valence-electron chi connectivity index (χ4n) is 2.83. The van der Waals surface area contributed by atoms with Crippen LogP contribution in [0.3, 0.4) is 0 Å². The van der Waals surface area contributed by atoms with Crippen LogP contribution in [0.25, 0.3) is 11.1 Å². The molecular formula is C18H20N2O3S. The van der Waals surface area contributed by atoms with Crippen molar-refractivity contribution in [2.24, 2.45) is 0 Å². The third-order valence-electron chi connectivity index (χ3n) is 4.32. The lowest BCUT2D eigenvalue weighted by atomic mass is 10.1. The molecule has 1 aliphatic heterocycles. The van der Waals surface area contributed by atoms with Crippen molar-refractivity contribution in [3.63, 3.8) is 0 Å². The van der Waals surface area contributed by atoms with Gasteiger partial charge in [0.2, 0.25) is 0 Å². The Balaban J connectivity index is 1.64. The molecule has 0 saturated carbocycles. The Morgan fingerprint density at radius 3 is 2.25 bits per heavy atom. The number of carbonyl (C=O) groups excluding carboxylic acids is 1. The summed E-state index contributed by atoms with van der Waals surface area (Å²) in [6.07, 6.45) is 0.499. The third kappa shape index (κ3) is 3.76. The van der Waals surface area contributed by atoms with E-state index < -0.39 is 9.84 Å². The van der Waals surface area contributed by atoms with E-state index in [1.807, 2.05) is 54.6 Å². The summed E-state index contributed by atoms with van der Waals surface area (Å²) in [7, 11) is -1.37. The lowest BCUT2D eigenvalue weighted by Crippen LogP contribution is -2.40. The summed E-state index contributed by atoms with van der Waals surface area (Å²) in [4.78, 5) is 13.8. The topological polar surface area (TPSA) is 66.5 Å². The van der Waals surface area contributed by atoms with Crippen molar-refractivity contribution in [3.8, 4) is 11.1 Å². The minimum atomic E-state index is -3.00. The first kappa shape index (κ1) is 16.5. The van der Waals surface area contributed by atoms with Gasteiger partial charge in [-0.1, -0.05) is 42.5 Å². The Morgan fingerprint density at radius 1 is 1.04 bits per heavy atom. The SMILES string of the molecule is CN(C(=O)Nc1ccc(-c2ccccc2)cc1)C1CCS(=O)(=O)C1. The number of benzene rings is 2. The smallest absolute Gasteiger partial charge is 0.321 e. The molecule has 2 amide bonds. The van der Waals surface area contributed by atoms with Gasteiger partial charge < -0.3 is 10.2 Å². The normalized spacial score (nSPS) is 19.0. The van der Waals surface area contributed by atoms with Crippen LogP contribution in [-0.4, -0.2) is 43.9 Å². The largest absolute Gasteiger partial charge is 0.324 e. The molecule has 1 atom stereocenters. The van der Waals surface area contributed by atoms with Gasteiger partial charge in [-0.05, 0) is 29.7 Å². The predicted octanol–water partition coefficient (Wildman–Crippen LogP) is 3.00. The van der Waals surface area contributed by atoms with Gasteiger partial charge in [-0.3, -0.25) is 0 Å². The van der Waals surface area contributed by atoms with Crippen molar-refractivity contribution in [2.45, 2.75) is 12.5 Å². The lowest BCUT2D eigenvalue weighted by Gasteiger charge is -2.23. The molecule has 0 aliphatic carbocycles. The van der Waals surface area contributed by atoms with Crippen molar-refractivity contribution in [2.75, 3.05) is 23.9 Å². The van der Waals surface area contributed by atoms with E-state index in [1.54, 1.807) is 7.05 Å². The van der Waals surface area contributed by atoms with E-state index in [9.17, 15) is 13.2 Å². The summed E-state index contributed by atoms with van der Waals surface area (Å²) in [5.74, 6) is 0.199.